The van der Waals surface area contributed by atoms with Crippen molar-refractivity contribution in [2.75, 3.05) is 13.7 Å². The van der Waals surface area contributed by atoms with E-state index in [0.717, 1.165) is 0 Å². The van der Waals surface area contributed by atoms with Crippen molar-refractivity contribution in [3.63, 3.8) is 0 Å². The van der Waals surface area contributed by atoms with Crippen molar-refractivity contribution in [2.24, 2.45) is 5.92 Å². The van der Waals surface area contributed by atoms with Gasteiger partial charge in [-0.05, 0) is 18.8 Å². The van der Waals surface area contributed by atoms with Crippen molar-refractivity contribution in [1.29, 1.82) is 0 Å². The molecule has 1 fully saturated rings. The van der Waals surface area contributed by atoms with Crippen LogP contribution in [0.2, 0.25) is 0 Å². The van der Waals surface area contributed by atoms with Crippen molar-refractivity contribution in [1.82, 2.24) is 4.98 Å². The summed E-state index contributed by atoms with van der Waals surface area (Å²) < 4.78 is 10.7. The summed E-state index contributed by atoms with van der Waals surface area (Å²) >= 11 is 0. The average Bonchev–Trinajstić information content (AvgIpc) is 3.10. The lowest BCUT2D eigenvalue weighted by atomic mass is 10.3. The highest BCUT2D eigenvalue weighted by Gasteiger charge is 2.22. The fourth-order valence-electron chi connectivity index (χ4n) is 1.26. The zero-order valence-corrected chi connectivity index (χ0v) is 8.60. The summed E-state index contributed by atoms with van der Waals surface area (Å²) in [5, 5.41) is 0. The van der Waals surface area contributed by atoms with E-state index in [1.807, 2.05) is 0 Å². The molecule has 0 aromatic carbocycles. The summed E-state index contributed by atoms with van der Waals surface area (Å²) in [6.45, 7) is 0.707. The van der Waals surface area contributed by atoms with Gasteiger partial charge in [-0.2, -0.15) is 0 Å². The molecule has 2 rings (SSSR count). The predicted molar refractivity (Wildman–Crippen MR) is 54.4 cm³/mol. The molecule has 15 heavy (non-hydrogen) atoms. The molecule has 0 saturated heterocycles. The highest BCUT2D eigenvalue weighted by atomic mass is 16.5. The zero-order chi connectivity index (χ0) is 10.7. The van der Waals surface area contributed by atoms with Gasteiger partial charge in [0.25, 0.3) is 0 Å². The summed E-state index contributed by atoms with van der Waals surface area (Å²) in [5.41, 5.74) is 0.352. The molecule has 0 spiro atoms. The number of aromatic nitrogens is 1. The maximum atomic E-state index is 10.5. The number of hydrogen-bond donors (Lipinski definition) is 0. The summed E-state index contributed by atoms with van der Waals surface area (Å²) in [4.78, 5) is 14.4. The number of rotatable bonds is 5. The minimum absolute atomic E-state index is 0.352. The van der Waals surface area contributed by atoms with Gasteiger partial charge in [-0.1, -0.05) is 0 Å². The Labute approximate surface area is 88.2 Å². The van der Waals surface area contributed by atoms with Crippen molar-refractivity contribution >= 4 is 6.29 Å². The van der Waals surface area contributed by atoms with Crippen molar-refractivity contribution in [2.45, 2.75) is 12.8 Å². The molecule has 1 aliphatic carbocycles. The monoisotopic (exact) mass is 207 g/mol. The molecule has 1 aromatic heterocycles. The number of pyridine rings is 1. The molecule has 4 heteroatoms. The van der Waals surface area contributed by atoms with Gasteiger partial charge in [-0.3, -0.25) is 4.79 Å². The van der Waals surface area contributed by atoms with E-state index in [1.165, 1.54) is 19.0 Å². The standard InChI is InChI=1S/C11H13NO3/c1-14-10-4-9(6-13)12-5-11(10)15-7-8-2-3-8/h4-6,8H,2-3,7H2,1H3. The highest BCUT2D eigenvalue weighted by Crippen LogP contribution is 2.32. The number of ether oxygens (including phenoxy) is 2. The Morgan fingerprint density at radius 3 is 2.93 bits per heavy atom. The Morgan fingerprint density at radius 2 is 2.33 bits per heavy atom. The summed E-state index contributed by atoms with van der Waals surface area (Å²) in [6, 6.07) is 1.58. The van der Waals surface area contributed by atoms with Crippen molar-refractivity contribution in [3.05, 3.63) is 18.0 Å². The quantitative estimate of drug-likeness (QED) is 0.689. The van der Waals surface area contributed by atoms with E-state index in [2.05, 4.69) is 4.98 Å². The number of carbonyl (C=O) groups is 1. The van der Waals surface area contributed by atoms with Crippen LogP contribution >= 0.6 is 0 Å². The fourth-order valence-corrected chi connectivity index (χ4v) is 1.26. The van der Waals surface area contributed by atoms with Gasteiger partial charge in [0.2, 0.25) is 0 Å². The second kappa shape index (κ2) is 4.29. The van der Waals surface area contributed by atoms with Crippen LogP contribution in [0, 0.1) is 5.92 Å². The van der Waals surface area contributed by atoms with Crippen LogP contribution in [0.1, 0.15) is 23.3 Å². The third-order valence-corrected chi connectivity index (χ3v) is 2.36. The van der Waals surface area contributed by atoms with Crippen LogP contribution in [-0.2, 0) is 0 Å². The number of carbonyl (C=O) groups excluding carboxylic acids is 1. The smallest absolute Gasteiger partial charge is 0.179 e. The molecular weight excluding hydrogens is 194 g/mol. The third kappa shape index (κ3) is 2.46. The van der Waals surface area contributed by atoms with E-state index >= 15 is 0 Å². The van der Waals surface area contributed by atoms with Crippen LogP contribution in [0.5, 0.6) is 11.5 Å². The summed E-state index contributed by atoms with van der Waals surface area (Å²) in [5.74, 6) is 1.85. The molecule has 0 atom stereocenters. The molecule has 0 aliphatic heterocycles. The topological polar surface area (TPSA) is 48.4 Å². The van der Waals surface area contributed by atoms with Crippen LogP contribution in [0.3, 0.4) is 0 Å². The Hall–Kier alpha value is -1.58. The first-order valence-corrected chi connectivity index (χ1v) is 4.95. The molecule has 0 unspecified atom stereocenters. The maximum Gasteiger partial charge on any atom is 0.179 e. The first-order chi connectivity index (χ1) is 7.33. The molecule has 4 nitrogen and oxygen atoms in total. The Morgan fingerprint density at radius 1 is 1.53 bits per heavy atom. The van der Waals surface area contributed by atoms with Gasteiger partial charge in [0.1, 0.15) is 5.69 Å². The Bertz CT molecular complexity index is 361. The SMILES string of the molecule is COc1cc(C=O)ncc1OCC1CC1. The number of aldehydes is 1. The average molecular weight is 207 g/mol. The molecule has 1 aliphatic rings. The minimum atomic E-state index is 0.352. The van der Waals surface area contributed by atoms with Gasteiger partial charge in [-0.25, -0.2) is 4.98 Å². The molecule has 0 amide bonds. The van der Waals surface area contributed by atoms with E-state index in [9.17, 15) is 4.79 Å². The third-order valence-electron chi connectivity index (χ3n) is 2.36. The van der Waals surface area contributed by atoms with Gasteiger partial charge in [0.15, 0.2) is 17.8 Å². The number of hydrogen-bond acceptors (Lipinski definition) is 4. The van der Waals surface area contributed by atoms with E-state index < -0.39 is 0 Å². The van der Waals surface area contributed by atoms with Gasteiger partial charge in [-0.15, -0.1) is 0 Å². The van der Waals surface area contributed by atoms with Gasteiger partial charge in [0, 0.05) is 6.07 Å². The molecular formula is C11H13NO3. The van der Waals surface area contributed by atoms with Crippen LogP contribution in [0.25, 0.3) is 0 Å². The maximum absolute atomic E-state index is 10.5. The molecule has 0 radical (unpaired) electrons. The summed E-state index contributed by atoms with van der Waals surface area (Å²) in [6.07, 6.45) is 4.70. The first kappa shape index (κ1) is 9.96. The normalized spacial score (nSPS) is 14.7. The van der Waals surface area contributed by atoms with Gasteiger partial charge >= 0.3 is 0 Å². The predicted octanol–water partition coefficient (Wildman–Crippen LogP) is 1.69. The number of methoxy groups -OCH3 is 1. The number of nitrogens with zero attached hydrogens (tertiary/aromatic N) is 1. The van der Waals surface area contributed by atoms with Crippen molar-refractivity contribution < 1.29 is 14.3 Å². The first-order valence-electron chi connectivity index (χ1n) is 4.95. The fraction of sp³-hybridized carbons (Fsp3) is 0.455. The molecule has 80 valence electrons. The minimum Gasteiger partial charge on any atom is -0.493 e. The Balaban J connectivity index is 2.09. The second-order valence-corrected chi connectivity index (χ2v) is 3.63. The highest BCUT2D eigenvalue weighted by molar-refractivity contribution is 5.73. The molecule has 0 bridgehead atoms. The van der Waals surface area contributed by atoms with E-state index in [1.54, 1.807) is 13.2 Å². The molecule has 1 heterocycles. The Kier molecular flexibility index (Phi) is 2.85. The van der Waals surface area contributed by atoms with E-state index in [4.69, 9.17) is 9.47 Å². The lowest BCUT2D eigenvalue weighted by Gasteiger charge is -2.09. The van der Waals surface area contributed by atoms with Crippen molar-refractivity contribution in [3.8, 4) is 11.5 Å². The van der Waals surface area contributed by atoms with E-state index in [0.29, 0.717) is 36.0 Å². The van der Waals surface area contributed by atoms with Crippen LogP contribution in [0.15, 0.2) is 12.3 Å². The second-order valence-electron chi connectivity index (χ2n) is 3.63. The molecule has 1 aromatic rings. The molecule has 1 saturated carbocycles. The van der Waals surface area contributed by atoms with Gasteiger partial charge < -0.3 is 9.47 Å². The lowest BCUT2D eigenvalue weighted by molar-refractivity contribution is 0.111. The largest absolute Gasteiger partial charge is 0.493 e. The van der Waals surface area contributed by atoms with Crippen LogP contribution < -0.4 is 9.47 Å². The lowest BCUT2D eigenvalue weighted by Crippen LogP contribution is -2.02. The van der Waals surface area contributed by atoms with Crippen LogP contribution in [-0.4, -0.2) is 25.0 Å². The summed E-state index contributed by atoms with van der Waals surface area (Å²) in [7, 11) is 1.55. The molecule has 0 N–H and O–H groups in total. The zero-order valence-electron chi connectivity index (χ0n) is 8.60. The van der Waals surface area contributed by atoms with E-state index in [-0.39, 0.29) is 0 Å². The van der Waals surface area contributed by atoms with Gasteiger partial charge in [0.05, 0.1) is 19.9 Å². The van der Waals surface area contributed by atoms with Crippen LogP contribution in [0.4, 0.5) is 0 Å².